The lowest BCUT2D eigenvalue weighted by Gasteiger charge is -2.27. The number of phenols is 1. The Balaban J connectivity index is 2.01. The summed E-state index contributed by atoms with van der Waals surface area (Å²) in [6.07, 6.45) is 1.26. The average molecular weight is 411 g/mol. The van der Waals surface area contributed by atoms with E-state index in [0.29, 0.717) is 21.7 Å². The number of carbonyl (C=O) groups is 3. The van der Waals surface area contributed by atoms with Crippen LogP contribution >= 0.6 is 0 Å². The normalized spacial score (nSPS) is 15.7. The fourth-order valence-corrected chi connectivity index (χ4v) is 3.62. The maximum absolute atomic E-state index is 13.2. The van der Waals surface area contributed by atoms with Crippen LogP contribution in [0.25, 0.3) is 5.95 Å². The van der Waals surface area contributed by atoms with E-state index in [-0.39, 0.29) is 17.5 Å². The highest BCUT2D eigenvalue weighted by Crippen LogP contribution is 2.35. The number of rotatable bonds is 4. The van der Waals surface area contributed by atoms with Gasteiger partial charge in [0.15, 0.2) is 5.69 Å². The molecule has 12 nitrogen and oxygen atoms in total. The predicted molar refractivity (Wildman–Crippen MR) is 99.3 cm³/mol. The standard InChI is InChI=1S/C18H17N7O5/c1-8-9(2)25(30)16(24(8)17-19-7-20-23-17)12(10-4-3-5-11(26)6-10)13-14(27)21-18(29)22-15(13)28/h3-7,12-13,26H,1-2H3,(H,19,20,23)(H2,21,22,27,28,29)/t12-/m0/s1. The zero-order chi connectivity index (χ0) is 21.6. The Morgan fingerprint density at radius 2 is 1.90 bits per heavy atom. The Kier molecular flexibility index (Phi) is 4.45. The number of nitrogens with zero attached hydrogens (tertiary/aromatic N) is 4. The molecule has 1 atom stereocenters. The summed E-state index contributed by atoms with van der Waals surface area (Å²) in [5, 5.41) is 33.8. The van der Waals surface area contributed by atoms with Gasteiger partial charge in [0.1, 0.15) is 29.6 Å². The molecule has 12 heteroatoms. The fourth-order valence-electron chi connectivity index (χ4n) is 3.62. The molecule has 1 aromatic carbocycles. The Labute approximate surface area is 169 Å². The summed E-state index contributed by atoms with van der Waals surface area (Å²) < 4.78 is 2.06. The first-order valence-corrected chi connectivity index (χ1v) is 8.91. The van der Waals surface area contributed by atoms with Crippen LogP contribution in [0.2, 0.25) is 0 Å². The molecule has 154 valence electrons. The van der Waals surface area contributed by atoms with Gasteiger partial charge in [0.05, 0.1) is 0 Å². The van der Waals surface area contributed by atoms with Crippen LogP contribution in [-0.2, 0) is 9.59 Å². The Morgan fingerprint density at radius 3 is 2.50 bits per heavy atom. The molecule has 1 aliphatic rings. The van der Waals surface area contributed by atoms with E-state index < -0.39 is 29.7 Å². The molecule has 4 amide bonds. The minimum atomic E-state index is -1.46. The van der Waals surface area contributed by atoms with Gasteiger partial charge in [-0.2, -0.15) is 14.6 Å². The molecule has 2 aromatic heterocycles. The predicted octanol–water partition coefficient (Wildman–Crippen LogP) is -0.335. The number of aromatic nitrogens is 5. The Hall–Kier alpha value is -4.22. The molecule has 1 aliphatic heterocycles. The number of imidazole rings is 1. The van der Waals surface area contributed by atoms with Crippen molar-refractivity contribution in [3.8, 4) is 11.7 Å². The highest BCUT2D eigenvalue weighted by atomic mass is 16.5. The molecule has 0 aliphatic carbocycles. The van der Waals surface area contributed by atoms with Crippen LogP contribution in [0.3, 0.4) is 0 Å². The highest BCUT2D eigenvalue weighted by Gasteiger charge is 2.47. The Morgan fingerprint density at radius 1 is 1.20 bits per heavy atom. The van der Waals surface area contributed by atoms with Gasteiger partial charge < -0.3 is 10.3 Å². The monoisotopic (exact) mass is 411 g/mol. The summed E-state index contributed by atoms with van der Waals surface area (Å²) in [7, 11) is 0. The molecule has 4 rings (SSSR count). The topological polar surface area (TPSA) is 169 Å². The largest absolute Gasteiger partial charge is 0.711 e. The van der Waals surface area contributed by atoms with Gasteiger partial charge in [-0.25, -0.2) is 14.6 Å². The van der Waals surface area contributed by atoms with Crippen LogP contribution in [0.1, 0.15) is 28.7 Å². The van der Waals surface area contributed by atoms with Crippen LogP contribution in [0.15, 0.2) is 30.6 Å². The van der Waals surface area contributed by atoms with E-state index in [1.807, 2.05) is 0 Å². The van der Waals surface area contributed by atoms with Gasteiger partial charge in [-0.05, 0) is 17.7 Å². The van der Waals surface area contributed by atoms with Crippen molar-refractivity contribution >= 4 is 17.8 Å². The van der Waals surface area contributed by atoms with Crippen LogP contribution < -0.4 is 15.4 Å². The third-order valence-corrected chi connectivity index (χ3v) is 5.09. The summed E-state index contributed by atoms with van der Waals surface area (Å²) in [5.41, 5.74) is 1.15. The quantitative estimate of drug-likeness (QED) is 0.259. The van der Waals surface area contributed by atoms with Crippen molar-refractivity contribution in [3.63, 3.8) is 0 Å². The van der Waals surface area contributed by atoms with Crippen molar-refractivity contribution in [1.29, 1.82) is 0 Å². The maximum atomic E-state index is 13.2. The number of urea groups is 1. The van der Waals surface area contributed by atoms with Crippen molar-refractivity contribution < 1.29 is 24.2 Å². The minimum absolute atomic E-state index is 0.00278. The van der Waals surface area contributed by atoms with Crippen molar-refractivity contribution in [2.45, 2.75) is 19.8 Å². The van der Waals surface area contributed by atoms with E-state index in [0.717, 1.165) is 0 Å². The number of imide groups is 2. The van der Waals surface area contributed by atoms with Crippen LogP contribution in [0, 0.1) is 25.0 Å². The third kappa shape index (κ3) is 2.94. The zero-order valence-corrected chi connectivity index (χ0v) is 15.9. The molecular weight excluding hydrogens is 394 g/mol. The van der Waals surface area contributed by atoms with Gasteiger partial charge in [0.25, 0.3) is 5.82 Å². The highest BCUT2D eigenvalue weighted by molar-refractivity contribution is 6.16. The molecule has 0 unspecified atom stereocenters. The van der Waals surface area contributed by atoms with E-state index in [1.54, 1.807) is 19.9 Å². The third-order valence-electron chi connectivity index (χ3n) is 5.09. The second kappa shape index (κ2) is 6.99. The molecule has 0 radical (unpaired) electrons. The number of barbiturate groups is 1. The zero-order valence-electron chi connectivity index (χ0n) is 15.9. The van der Waals surface area contributed by atoms with Crippen LogP contribution in [0.4, 0.5) is 4.79 Å². The van der Waals surface area contributed by atoms with E-state index in [4.69, 9.17) is 0 Å². The van der Waals surface area contributed by atoms with Crippen LogP contribution in [0.5, 0.6) is 5.75 Å². The minimum Gasteiger partial charge on any atom is -0.711 e. The van der Waals surface area contributed by atoms with Crippen LogP contribution in [-0.4, -0.2) is 42.7 Å². The average Bonchev–Trinajstić information content (AvgIpc) is 3.28. The van der Waals surface area contributed by atoms with E-state index in [1.165, 1.54) is 29.1 Å². The van der Waals surface area contributed by atoms with Gasteiger partial charge in [-0.1, -0.05) is 12.1 Å². The number of aromatic hydroxyl groups is 1. The molecule has 30 heavy (non-hydrogen) atoms. The number of amides is 4. The van der Waals surface area contributed by atoms with Gasteiger partial charge in [-0.3, -0.25) is 20.2 Å². The summed E-state index contributed by atoms with van der Waals surface area (Å²) in [4.78, 5) is 41.0. The van der Waals surface area contributed by atoms with Crippen molar-refractivity contribution in [1.82, 2.24) is 30.4 Å². The van der Waals surface area contributed by atoms with E-state index in [2.05, 4.69) is 25.8 Å². The molecule has 0 saturated carbocycles. The first-order chi connectivity index (χ1) is 14.3. The second-order valence-electron chi connectivity index (χ2n) is 6.83. The van der Waals surface area contributed by atoms with Crippen molar-refractivity contribution in [3.05, 3.63) is 58.6 Å². The maximum Gasteiger partial charge on any atom is 0.328 e. The van der Waals surface area contributed by atoms with Gasteiger partial charge in [0, 0.05) is 13.8 Å². The molecular formula is C18H17N7O5. The molecule has 3 aromatic rings. The molecule has 4 N–H and O–H groups in total. The summed E-state index contributed by atoms with van der Waals surface area (Å²) in [6.45, 7) is 3.27. The number of carbonyl (C=O) groups excluding carboxylic acids is 3. The van der Waals surface area contributed by atoms with E-state index >= 15 is 0 Å². The van der Waals surface area contributed by atoms with E-state index in [9.17, 15) is 24.7 Å². The lowest BCUT2D eigenvalue weighted by atomic mass is 9.83. The number of hydrogen-bond donors (Lipinski definition) is 4. The second-order valence-corrected chi connectivity index (χ2v) is 6.83. The molecule has 3 heterocycles. The molecule has 0 bridgehead atoms. The first-order valence-electron chi connectivity index (χ1n) is 8.91. The number of hydrogen-bond acceptors (Lipinski definition) is 7. The smallest absolute Gasteiger partial charge is 0.328 e. The molecule has 0 spiro atoms. The number of nitrogens with one attached hydrogen (secondary N) is 3. The lowest BCUT2D eigenvalue weighted by Crippen LogP contribution is -2.58. The number of benzene rings is 1. The number of aromatic amines is 1. The van der Waals surface area contributed by atoms with Gasteiger partial charge >= 0.3 is 12.0 Å². The SMILES string of the molecule is Cc1c(C)[n+]([O-])c([C@@H](c2cccc(O)c2)C2C(=O)NC(=O)NC2=O)n1-c1ncn[nH]1. The van der Waals surface area contributed by atoms with Crippen molar-refractivity contribution in [2.75, 3.05) is 0 Å². The van der Waals surface area contributed by atoms with Gasteiger partial charge in [-0.15, -0.1) is 0 Å². The fraction of sp³-hybridized carbons (Fsp3) is 0.222. The summed E-state index contributed by atoms with van der Waals surface area (Å²) >= 11 is 0. The number of phenolic OH excluding ortho intramolecular Hbond substituents is 1. The molecule has 1 saturated heterocycles. The molecule has 1 fully saturated rings. The summed E-state index contributed by atoms with van der Waals surface area (Å²) in [5.74, 6) is -4.25. The van der Waals surface area contributed by atoms with Crippen molar-refractivity contribution in [2.24, 2.45) is 5.92 Å². The summed E-state index contributed by atoms with van der Waals surface area (Å²) in [6, 6.07) is 4.93. The first kappa shape index (κ1) is 19.1. The van der Waals surface area contributed by atoms with Gasteiger partial charge in [0.2, 0.25) is 11.8 Å². The number of H-pyrrole nitrogens is 1. The Bertz CT molecular complexity index is 1150. The lowest BCUT2D eigenvalue weighted by molar-refractivity contribution is -0.621.